The molecule has 3 rings (SSSR count). The standard InChI is InChI=1S/C19H20N4O3S/c1-12-6-7-20-16(9-12)22-17(24)11-23(3)18(25)10-14-13(2)26-19(21-14)15-5-4-8-27-15/h4-9H,10-11H2,1-3H3,(H,20,22,24). The van der Waals surface area contributed by atoms with Gasteiger partial charge in [-0.15, -0.1) is 11.3 Å². The van der Waals surface area contributed by atoms with E-state index in [9.17, 15) is 9.59 Å². The Morgan fingerprint density at radius 2 is 2.11 bits per heavy atom. The average Bonchev–Trinajstić information content (AvgIpc) is 3.25. The molecule has 2 amide bonds. The second-order valence-corrected chi connectivity index (χ2v) is 7.14. The molecule has 0 unspecified atom stereocenters. The van der Waals surface area contributed by atoms with Crippen LogP contribution in [0.5, 0.6) is 0 Å². The fourth-order valence-corrected chi connectivity index (χ4v) is 3.12. The summed E-state index contributed by atoms with van der Waals surface area (Å²) >= 11 is 1.52. The highest BCUT2D eigenvalue weighted by atomic mass is 32.1. The van der Waals surface area contributed by atoms with Crippen molar-refractivity contribution in [3.8, 4) is 10.8 Å². The van der Waals surface area contributed by atoms with Gasteiger partial charge in [0.25, 0.3) is 0 Å². The normalized spacial score (nSPS) is 10.6. The summed E-state index contributed by atoms with van der Waals surface area (Å²) in [6, 6.07) is 7.44. The van der Waals surface area contributed by atoms with Crippen LogP contribution in [0.3, 0.4) is 0 Å². The van der Waals surface area contributed by atoms with Gasteiger partial charge >= 0.3 is 0 Å². The number of aryl methyl sites for hydroxylation is 2. The molecule has 7 nitrogen and oxygen atoms in total. The van der Waals surface area contributed by atoms with Crippen molar-refractivity contribution >= 4 is 29.0 Å². The molecule has 0 aliphatic rings. The molecule has 3 aromatic heterocycles. The Hall–Kier alpha value is -3.00. The van der Waals surface area contributed by atoms with Crippen molar-refractivity contribution in [2.75, 3.05) is 18.9 Å². The Morgan fingerprint density at radius 3 is 2.81 bits per heavy atom. The number of oxazole rings is 1. The summed E-state index contributed by atoms with van der Waals surface area (Å²) in [5.41, 5.74) is 1.57. The number of nitrogens with one attached hydrogen (secondary N) is 1. The Balaban J connectivity index is 1.58. The van der Waals surface area contributed by atoms with Gasteiger partial charge in [-0.2, -0.15) is 0 Å². The number of thiophene rings is 1. The van der Waals surface area contributed by atoms with E-state index in [1.807, 2.05) is 30.5 Å². The number of carbonyl (C=O) groups excluding carboxylic acids is 2. The van der Waals surface area contributed by atoms with E-state index in [1.54, 1.807) is 26.2 Å². The maximum Gasteiger partial charge on any atom is 0.245 e. The second kappa shape index (κ2) is 8.13. The third kappa shape index (κ3) is 4.79. The van der Waals surface area contributed by atoms with Gasteiger partial charge in [-0.25, -0.2) is 9.97 Å². The topological polar surface area (TPSA) is 88.3 Å². The van der Waals surface area contributed by atoms with Crippen LogP contribution in [0.25, 0.3) is 10.8 Å². The molecular weight excluding hydrogens is 364 g/mol. The smallest absolute Gasteiger partial charge is 0.245 e. The molecule has 27 heavy (non-hydrogen) atoms. The number of carbonyl (C=O) groups is 2. The van der Waals surface area contributed by atoms with E-state index < -0.39 is 0 Å². The van der Waals surface area contributed by atoms with Crippen LogP contribution in [0.2, 0.25) is 0 Å². The largest absolute Gasteiger partial charge is 0.440 e. The predicted octanol–water partition coefficient (Wildman–Crippen LogP) is 3.05. The summed E-state index contributed by atoms with van der Waals surface area (Å²) in [7, 11) is 1.58. The molecule has 8 heteroatoms. The third-order valence-electron chi connectivity index (χ3n) is 3.93. The molecule has 0 saturated heterocycles. The van der Waals surface area contributed by atoms with Crippen molar-refractivity contribution in [2.45, 2.75) is 20.3 Å². The number of anilines is 1. The van der Waals surface area contributed by atoms with Gasteiger partial charge in [-0.3, -0.25) is 9.59 Å². The summed E-state index contributed by atoms with van der Waals surface area (Å²) in [6.07, 6.45) is 1.70. The molecule has 0 saturated carbocycles. The monoisotopic (exact) mass is 384 g/mol. The molecule has 3 heterocycles. The minimum absolute atomic E-state index is 0.0663. The number of nitrogens with zero attached hydrogens (tertiary/aromatic N) is 3. The summed E-state index contributed by atoms with van der Waals surface area (Å²) in [4.78, 5) is 35.4. The van der Waals surface area contributed by atoms with Gasteiger partial charge in [-0.05, 0) is 43.0 Å². The number of rotatable bonds is 6. The molecule has 0 aliphatic carbocycles. The molecule has 0 aromatic carbocycles. The lowest BCUT2D eigenvalue weighted by atomic mass is 10.2. The fourth-order valence-electron chi connectivity index (χ4n) is 2.47. The minimum atomic E-state index is -0.305. The lowest BCUT2D eigenvalue weighted by Crippen LogP contribution is -2.36. The molecule has 0 spiro atoms. The van der Waals surface area contributed by atoms with Crippen LogP contribution in [-0.4, -0.2) is 40.3 Å². The fraction of sp³-hybridized carbons (Fsp3) is 0.263. The number of likely N-dealkylation sites (N-methyl/N-ethyl adjacent to an activating group) is 1. The summed E-state index contributed by atoms with van der Waals surface area (Å²) in [5.74, 6) is 1.06. The van der Waals surface area contributed by atoms with Crippen LogP contribution in [0.1, 0.15) is 17.0 Å². The van der Waals surface area contributed by atoms with E-state index in [-0.39, 0.29) is 24.8 Å². The lowest BCUT2D eigenvalue weighted by Gasteiger charge is -2.16. The Kier molecular flexibility index (Phi) is 5.66. The van der Waals surface area contributed by atoms with E-state index in [2.05, 4.69) is 15.3 Å². The maximum atomic E-state index is 12.5. The van der Waals surface area contributed by atoms with Gasteiger partial charge in [0.15, 0.2) is 0 Å². The molecule has 0 atom stereocenters. The van der Waals surface area contributed by atoms with E-state index in [1.165, 1.54) is 16.2 Å². The molecule has 1 N–H and O–H groups in total. The van der Waals surface area contributed by atoms with E-state index >= 15 is 0 Å². The third-order valence-corrected chi connectivity index (χ3v) is 4.79. The number of amides is 2. The van der Waals surface area contributed by atoms with Crippen LogP contribution < -0.4 is 5.32 Å². The zero-order chi connectivity index (χ0) is 19.4. The summed E-state index contributed by atoms with van der Waals surface area (Å²) in [6.45, 7) is 3.63. The SMILES string of the molecule is Cc1ccnc(NC(=O)CN(C)C(=O)Cc2nc(-c3cccs3)oc2C)c1. The lowest BCUT2D eigenvalue weighted by molar-refractivity contribution is -0.132. The first-order chi connectivity index (χ1) is 12.9. The van der Waals surface area contributed by atoms with Gasteiger partial charge in [0.1, 0.15) is 11.6 Å². The number of hydrogen-bond acceptors (Lipinski definition) is 6. The van der Waals surface area contributed by atoms with Crippen molar-refractivity contribution < 1.29 is 14.0 Å². The maximum absolute atomic E-state index is 12.5. The van der Waals surface area contributed by atoms with Gasteiger partial charge in [0.05, 0.1) is 23.5 Å². The summed E-state index contributed by atoms with van der Waals surface area (Å²) < 4.78 is 5.65. The van der Waals surface area contributed by atoms with Crippen LogP contribution in [0, 0.1) is 13.8 Å². The van der Waals surface area contributed by atoms with E-state index in [0.717, 1.165) is 10.4 Å². The van der Waals surface area contributed by atoms with Crippen molar-refractivity contribution in [1.29, 1.82) is 0 Å². The quantitative estimate of drug-likeness (QED) is 0.706. The molecule has 0 radical (unpaired) electrons. The van der Waals surface area contributed by atoms with Crippen LogP contribution in [0.15, 0.2) is 40.3 Å². The zero-order valence-electron chi connectivity index (χ0n) is 15.4. The van der Waals surface area contributed by atoms with Crippen LogP contribution in [-0.2, 0) is 16.0 Å². The first-order valence-corrected chi connectivity index (χ1v) is 9.27. The zero-order valence-corrected chi connectivity index (χ0v) is 16.2. The van der Waals surface area contributed by atoms with Crippen molar-refractivity contribution in [2.24, 2.45) is 0 Å². The van der Waals surface area contributed by atoms with Crippen molar-refractivity contribution in [3.05, 3.63) is 52.9 Å². The molecule has 140 valence electrons. The summed E-state index contributed by atoms with van der Waals surface area (Å²) in [5, 5.41) is 4.63. The minimum Gasteiger partial charge on any atom is -0.440 e. The first-order valence-electron chi connectivity index (χ1n) is 8.39. The number of hydrogen-bond donors (Lipinski definition) is 1. The van der Waals surface area contributed by atoms with Gasteiger partial charge < -0.3 is 14.6 Å². The van der Waals surface area contributed by atoms with Crippen molar-refractivity contribution in [3.63, 3.8) is 0 Å². The van der Waals surface area contributed by atoms with Crippen LogP contribution >= 0.6 is 11.3 Å². The average molecular weight is 384 g/mol. The van der Waals surface area contributed by atoms with E-state index in [4.69, 9.17) is 4.42 Å². The highest BCUT2D eigenvalue weighted by molar-refractivity contribution is 7.13. The molecule has 3 aromatic rings. The Labute approximate surface area is 161 Å². The highest BCUT2D eigenvalue weighted by Crippen LogP contribution is 2.26. The number of pyridine rings is 1. The first kappa shape index (κ1) is 18.8. The highest BCUT2D eigenvalue weighted by Gasteiger charge is 2.19. The molecule has 0 fully saturated rings. The predicted molar refractivity (Wildman–Crippen MR) is 103 cm³/mol. The Bertz CT molecular complexity index is 950. The van der Waals surface area contributed by atoms with Gasteiger partial charge in [0.2, 0.25) is 17.7 Å². The number of aromatic nitrogens is 2. The molecule has 0 bridgehead atoms. The molecular formula is C19H20N4O3S. The Morgan fingerprint density at radius 1 is 1.30 bits per heavy atom. The van der Waals surface area contributed by atoms with Crippen molar-refractivity contribution in [1.82, 2.24) is 14.9 Å². The van der Waals surface area contributed by atoms with Crippen LogP contribution in [0.4, 0.5) is 5.82 Å². The molecule has 0 aliphatic heterocycles. The van der Waals surface area contributed by atoms with Gasteiger partial charge in [-0.1, -0.05) is 6.07 Å². The van der Waals surface area contributed by atoms with E-state index in [0.29, 0.717) is 23.2 Å². The second-order valence-electron chi connectivity index (χ2n) is 6.19. The van der Waals surface area contributed by atoms with Gasteiger partial charge in [0, 0.05) is 13.2 Å².